The number of benzene rings is 4. The van der Waals surface area contributed by atoms with E-state index in [4.69, 9.17) is 4.42 Å². The Hall–Kier alpha value is -2.58. The minimum atomic E-state index is 0.0990. The van der Waals surface area contributed by atoms with Gasteiger partial charge in [-0.15, -0.1) is 0 Å². The van der Waals surface area contributed by atoms with Gasteiger partial charge in [0.25, 0.3) is 0 Å². The average molecular weight is 429 g/mol. The quantitative estimate of drug-likeness (QED) is 0.260. The van der Waals surface area contributed by atoms with E-state index in [1.807, 2.05) is 0 Å². The number of rotatable bonds is 1. The predicted octanol–water partition coefficient (Wildman–Crippen LogP) is 8.47. The summed E-state index contributed by atoms with van der Waals surface area (Å²) in [7, 11) is 0. The topological polar surface area (TPSA) is 13.1 Å². The Balaban J connectivity index is 1.93. The lowest BCUT2D eigenvalue weighted by Crippen LogP contribution is -2.10. The van der Waals surface area contributed by atoms with Gasteiger partial charge in [0.2, 0.25) is 0 Å². The normalized spacial score (nSPS) is 12.3. The highest BCUT2D eigenvalue weighted by atomic mass is 79.9. The van der Waals surface area contributed by atoms with Crippen LogP contribution in [0.25, 0.3) is 43.8 Å². The highest BCUT2D eigenvalue weighted by Crippen LogP contribution is 2.41. The molecule has 0 atom stereocenters. The second-order valence-electron chi connectivity index (χ2n) is 8.42. The molecule has 4 aromatic carbocycles. The van der Waals surface area contributed by atoms with Gasteiger partial charge < -0.3 is 4.42 Å². The molecule has 0 aliphatic rings. The van der Waals surface area contributed by atoms with E-state index in [0.29, 0.717) is 0 Å². The fourth-order valence-electron chi connectivity index (χ4n) is 3.96. The van der Waals surface area contributed by atoms with Crippen molar-refractivity contribution in [3.63, 3.8) is 0 Å². The molecule has 5 aromatic rings. The summed E-state index contributed by atoms with van der Waals surface area (Å²) in [6, 6.07) is 25.9. The SMILES string of the molecule is CC(C)(C)c1ccc2oc3c4ccccc4c(-c4cccc(Br)c4)cc3c2c1. The van der Waals surface area contributed by atoms with Crippen LogP contribution in [0.1, 0.15) is 26.3 Å². The van der Waals surface area contributed by atoms with Crippen molar-refractivity contribution in [3.05, 3.63) is 82.8 Å². The molecule has 2 heteroatoms. The van der Waals surface area contributed by atoms with Gasteiger partial charge in [-0.2, -0.15) is 0 Å². The molecule has 0 radical (unpaired) electrons. The maximum absolute atomic E-state index is 6.34. The second-order valence-corrected chi connectivity index (χ2v) is 9.34. The second kappa shape index (κ2) is 6.22. The fourth-order valence-corrected chi connectivity index (χ4v) is 4.36. The summed E-state index contributed by atoms with van der Waals surface area (Å²) in [4.78, 5) is 0. The molecular weight excluding hydrogens is 408 g/mol. The van der Waals surface area contributed by atoms with Crippen LogP contribution in [0.3, 0.4) is 0 Å². The molecule has 0 aliphatic heterocycles. The number of hydrogen-bond donors (Lipinski definition) is 0. The molecule has 28 heavy (non-hydrogen) atoms. The molecule has 0 bridgehead atoms. The minimum Gasteiger partial charge on any atom is -0.455 e. The smallest absolute Gasteiger partial charge is 0.143 e. The van der Waals surface area contributed by atoms with E-state index < -0.39 is 0 Å². The summed E-state index contributed by atoms with van der Waals surface area (Å²) in [6.07, 6.45) is 0. The van der Waals surface area contributed by atoms with E-state index in [1.165, 1.54) is 32.8 Å². The molecule has 0 N–H and O–H groups in total. The van der Waals surface area contributed by atoms with Crippen molar-refractivity contribution in [1.82, 2.24) is 0 Å². The summed E-state index contributed by atoms with van der Waals surface area (Å²) >= 11 is 3.62. The molecular formula is C26H21BrO. The van der Waals surface area contributed by atoms with E-state index in [0.717, 1.165) is 21.0 Å². The van der Waals surface area contributed by atoms with Crippen LogP contribution in [0.2, 0.25) is 0 Å². The van der Waals surface area contributed by atoms with Crippen molar-refractivity contribution in [2.75, 3.05) is 0 Å². The Kier molecular flexibility index (Phi) is 3.89. The Morgan fingerprint density at radius 2 is 1.50 bits per heavy atom. The third-order valence-electron chi connectivity index (χ3n) is 5.48. The minimum absolute atomic E-state index is 0.0990. The van der Waals surface area contributed by atoms with Gasteiger partial charge in [0, 0.05) is 20.6 Å². The van der Waals surface area contributed by atoms with Crippen LogP contribution in [0.15, 0.2) is 81.7 Å². The van der Waals surface area contributed by atoms with Gasteiger partial charge >= 0.3 is 0 Å². The first-order valence-electron chi connectivity index (χ1n) is 9.56. The molecule has 0 saturated carbocycles. The van der Waals surface area contributed by atoms with Crippen LogP contribution in [-0.4, -0.2) is 0 Å². The highest BCUT2D eigenvalue weighted by molar-refractivity contribution is 9.10. The zero-order valence-electron chi connectivity index (χ0n) is 16.2. The molecule has 138 valence electrons. The summed E-state index contributed by atoms with van der Waals surface area (Å²) in [5.41, 5.74) is 5.76. The lowest BCUT2D eigenvalue weighted by Gasteiger charge is -2.18. The largest absolute Gasteiger partial charge is 0.455 e. The molecule has 1 heterocycles. The zero-order valence-corrected chi connectivity index (χ0v) is 17.8. The van der Waals surface area contributed by atoms with E-state index in [1.54, 1.807) is 0 Å². The molecule has 0 amide bonds. The first-order chi connectivity index (χ1) is 13.4. The summed E-state index contributed by atoms with van der Waals surface area (Å²) in [5, 5.41) is 4.73. The number of fused-ring (bicyclic) bond motifs is 5. The molecule has 0 aliphatic carbocycles. The standard InChI is InChI=1S/C26H21BrO/c1-26(2,3)17-11-12-24-22(14-17)23-15-21(16-7-6-8-18(27)13-16)19-9-4-5-10-20(19)25(23)28-24/h4-15H,1-3H3. The number of halogens is 1. The average Bonchev–Trinajstić information content (AvgIpc) is 3.05. The van der Waals surface area contributed by atoms with Crippen molar-refractivity contribution < 1.29 is 4.42 Å². The molecule has 0 spiro atoms. The van der Waals surface area contributed by atoms with Gasteiger partial charge in [0.1, 0.15) is 11.2 Å². The van der Waals surface area contributed by atoms with Crippen molar-refractivity contribution in [1.29, 1.82) is 0 Å². The van der Waals surface area contributed by atoms with Crippen molar-refractivity contribution in [2.45, 2.75) is 26.2 Å². The third kappa shape index (κ3) is 2.75. The monoisotopic (exact) mass is 428 g/mol. The third-order valence-corrected chi connectivity index (χ3v) is 5.97. The summed E-state index contributed by atoms with van der Waals surface area (Å²) < 4.78 is 7.42. The maximum atomic E-state index is 6.34. The number of furan rings is 1. The Labute approximate surface area is 173 Å². The predicted molar refractivity (Wildman–Crippen MR) is 123 cm³/mol. The first-order valence-corrected chi connectivity index (χ1v) is 10.4. The van der Waals surface area contributed by atoms with Crippen molar-refractivity contribution >= 4 is 48.6 Å². The van der Waals surface area contributed by atoms with Gasteiger partial charge in [0.15, 0.2) is 0 Å². The van der Waals surface area contributed by atoms with Gasteiger partial charge in [-0.05, 0) is 57.8 Å². The van der Waals surface area contributed by atoms with E-state index in [2.05, 4.69) is 109 Å². The highest BCUT2D eigenvalue weighted by Gasteiger charge is 2.18. The lowest BCUT2D eigenvalue weighted by atomic mass is 9.86. The Morgan fingerprint density at radius 1 is 0.714 bits per heavy atom. The Bertz CT molecular complexity index is 1350. The van der Waals surface area contributed by atoms with Crippen molar-refractivity contribution in [3.8, 4) is 11.1 Å². The van der Waals surface area contributed by atoms with Crippen LogP contribution in [0.5, 0.6) is 0 Å². The van der Waals surface area contributed by atoms with E-state index >= 15 is 0 Å². The molecule has 1 nitrogen and oxygen atoms in total. The van der Waals surface area contributed by atoms with Crippen LogP contribution < -0.4 is 0 Å². The summed E-state index contributed by atoms with van der Waals surface area (Å²) in [5.74, 6) is 0. The molecule has 0 saturated heterocycles. The summed E-state index contributed by atoms with van der Waals surface area (Å²) in [6.45, 7) is 6.75. The van der Waals surface area contributed by atoms with Crippen molar-refractivity contribution in [2.24, 2.45) is 0 Å². The molecule has 0 fully saturated rings. The lowest BCUT2D eigenvalue weighted by molar-refractivity contribution is 0.590. The van der Waals surface area contributed by atoms with Crippen LogP contribution >= 0.6 is 15.9 Å². The number of hydrogen-bond acceptors (Lipinski definition) is 1. The first kappa shape index (κ1) is 17.5. The zero-order chi connectivity index (χ0) is 19.5. The van der Waals surface area contributed by atoms with E-state index in [-0.39, 0.29) is 5.41 Å². The Morgan fingerprint density at radius 3 is 2.25 bits per heavy atom. The van der Waals surface area contributed by atoms with Gasteiger partial charge in [0.05, 0.1) is 0 Å². The van der Waals surface area contributed by atoms with Crippen LogP contribution in [-0.2, 0) is 5.41 Å². The molecule has 1 aromatic heterocycles. The van der Waals surface area contributed by atoms with Crippen LogP contribution in [0, 0.1) is 0 Å². The molecule has 5 rings (SSSR count). The molecule has 0 unspecified atom stereocenters. The maximum Gasteiger partial charge on any atom is 0.143 e. The van der Waals surface area contributed by atoms with Gasteiger partial charge in [-0.1, -0.05) is 79.2 Å². The van der Waals surface area contributed by atoms with Gasteiger partial charge in [-0.25, -0.2) is 0 Å². The fraction of sp³-hybridized carbons (Fsp3) is 0.154. The van der Waals surface area contributed by atoms with E-state index in [9.17, 15) is 0 Å². The van der Waals surface area contributed by atoms with Gasteiger partial charge in [-0.3, -0.25) is 0 Å². The van der Waals surface area contributed by atoms with Crippen LogP contribution in [0.4, 0.5) is 0 Å².